The van der Waals surface area contributed by atoms with Crippen LogP contribution in [-0.2, 0) is 0 Å². The van der Waals surface area contributed by atoms with Gasteiger partial charge in [0, 0.05) is 5.02 Å². The van der Waals surface area contributed by atoms with Crippen LogP contribution in [0.25, 0.3) is 5.03 Å². The molecule has 1 rings (SSSR count). The molecule has 0 bridgehead atoms. The summed E-state index contributed by atoms with van der Waals surface area (Å²) >= 11 is 18.1. The molecule has 0 saturated carbocycles. The van der Waals surface area contributed by atoms with Gasteiger partial charge in [-0.05, 0) is 49.6 Å². The lowest BCUT2D eigenvalue weighted by molar-refractivity contribution is 1.65. The van der Waals surface area contributed by atoms with Crippen LogP contribution in [0.5, 0.6) is 0 Å². The van der Waals surface area contributed by atoms with E-state index >= 15 is 0 Å². The van der Waals surface area contributed by atoms with Crippen molar-refractivity contribution >= 4 is 60.1 Å². The number of benzene rings is 1. The smallest absolute Gasteiger partial charge is 0.0796 e. The van der Waals surface area contributed by atoms with E-state index in [4.69, 9.17) is 23.2 Å². The van der Waals surface area contributed by atoms with E-state index in [-0.39, 0.29) is 0 Å². The van der Waals surface area contributed by atoms with E-state index < -0.39 is 0 Å². The lowest BCUT2D eigenvalue weighted by Gasteiger charge is -1.98. The van der Waals surface area contributed by atoms with E-state index in [1.165, 1.54) is 0 Å². The van der Waals surface area contributed by atoms with Gasteiger partial charge in [-0.2, -0.15) is 0 Å². The molecule has 0 spiro atoms. The average molecular weight is 331 g/mol. The summed E-state index contributed by atoms with van der Waals surface area (Å²) in [6, 6.07) is 7.30. The Kier molecular flexibility index (Phi) is 4.11. The first-order chi connectivity index (χ1) is 5.61. The van der Waals surface area contributed by atoms with Gasteiger partial charge in [-0.3, -0.25) is 0 Å². The zero-order chi connectivity index (χ0) is 9.14. The van der Waals surface area contributed by atoms with Crippen molar-refractivity contribution in [3.8, 4) is 0 Å². The zero-order valence-corrected chi connectivity index (χ0v) is 10.5. The van der Waals surface area contributed by atoms with E-state index in [0.29, 0.717) is 10.1 Å². The minimum Gasteiger partial charge on any atom is -0.0843 e. The van der Waals surface area contributed by atoms with Crippen molar-refractivity contribution in [2.45, 2.75) is 0 Å². The van der Waals surface area contributed by atoms with Gasteiger partial charge in [-0.15, -0.1) is 0 Å². The summed E-state index contributed by atoms with van der Waals surface area (Å²) in [6.45, 7) is 0. The van der Waals surface area contributed by atoms with Crippen molar-refractivity contribution in [3.05, 3.63) is 38.2 Å². The second-order valence-electron chi connectivity index (χ2n) is 2.08. The summed E-state index contributed by atoms with van der Waals surface area (Å²) in [5, 5.41) is 1.33. The predicted octanol–water partition coefficient (Wildman–Crippen LogP) is 4.99. The van der Waals surface area contributed by atoms with Gasteiger partial charge in [0.1, 0.15) is 0 Å². The lowest BCUT2D eigenvalue weighted by atomic mass is 10.2. The molecule has 64 valence electrons. The van der Waals surface area contributed by atoms with Gasteiger partial charge in [0.05, 0.1) is 8.42 Å². The van der Waals surface area contributed by atoms with E-state index in [9.17, 15) is 0 Å². The van der Waals surface area contributed by atoms with Crippen LogP contribution in [0.3, 0.4) is 0 Å². The predicted molar refractivity (Wildman–Crippen MR) is 62.1 cm³/mol. The van der Waals surface area contributed by atoms with Crippen LogP contribution < -0.4 is 0 Å². The van der Waals surface area contributed by atoms with Crippen LogP contribution >= 0.6 is 55.1 Å². The Morgan fingerprint density at radius 1 is 1.08 bits per heavy atom. The van der Waals surface area contributed by atoms with Crippen LogP contribution in [0.1, 0.15) is 5.56 Å². The fraction of sp³-hybridized carbons (Fsp3) is 0. The van der Waals surface area contributed by atoms with Crippen molar-refractivity contribution in [2.75, 3.05) is 0 Å². The molecule has 0 N–H and O–H groups in total. The molecule has 0 fully saturated rings. The maximum absolute atomic E-state index is 5.94. The summed E-state index contributed by atoms with van der Waals surface area (Å²) in [5.74, 6) is 0. The van der Waals surface area contributed by atoms with Crippen molar-refractivity contribution in [2.24, 2.45) is 0 Å². The summed E-state index contributed by atoms with van der Waals surface area (Å²) in [6.07, 6.45) is 0. The molecule has 0 atom stereocenters. The molecular formula is C8H4Br2Cl2. The Morgan fingerprint density at radius 3 is 2.00 bits per heavy atom. The monoisotopic (exact) mass is 328 g/mol. The summed E-state index contributed by atoms with van der Waals surface area (Å²) in [4.78, 5) is 0. The SMILES string of the molecule is ClC(=C(Br)Br)c1ccc(Cl)cc1. The molecule has 0 aliphatic rings. The minimum atomic E-state index is 0.631. The number of rotatable bonds is 1. The highest BCUT2D eigenvalue weighted by molar-refractivity contribution is 9.28. The first kappa shape index (κ1) is 10.6. The topological polar surface area (TPSA) is 0 Å². The molecule has 0 nitrogen and oxygen atoms in total. The molecule has 12 heavy (non-hydrogen) atoms. The fourth-order valence-corrected chi connectivity index (χ4v) is 1.42. The molecule has 4 heteroatoms. The van der Waals surface area contributed by atoms with E-state index in [1.807, 2.05) is 12.1 Å². The second-order valence-corrected chi connectivity index (χ2v) is 5.55. The lowest BCUT2D eigenvalue weighted by Crippen LogP contribution is -1.75. The Hall–Kier alpha value is 0.500. The van der Waals surface area contributed by atoms with Crippen LogP contribution in [-0.4, -0.2) is 0 Å². The van der Waals surface area contributed by atoms with Crippen LogP contribution in [0.4, 0.5) is 0 Å². The summed E-state index contributed by atoms with van der Waals surface area (Å²) < 4.78 is 0.735. The molecule has 0 aliphatic carbocycles. The summed E-state index contributed by atoms with van der Waals surface area (Å²) in [7, 11) is 0. The standard InChI is InChI=1S/C8H4Br2Cl2/c9-8(10)7(12)5-1-3-6(11)4-2-5/h1-4H. The number of hydrogen-bond acceptors (Lipinski definition) is 0. The third kappa shape index (κ3) is 2.77. The maximum atomic E-state index is 5.94. The van der Waals surface area contributed by atoms with Gasteiger partial charge in [0.25, 0.3) is 0 Å². The Bertz CT molecular complexity index is 299. The number of hydrogen-bond donors (Lipinski definition) is 0. The molecular weight excluding hydrogens is 327 g/mol. The Balaban J connectivity index is 3.06. The minimum absolute atomic E-state index is 0.631. The van der Waals surface area contributed by atoms with Crippen molar-refractivity contribution in [1.29, 1.82) is 0 Å². The van der Waals surface area contributed by atoms with Crippen molar-refractivity contribution < 1.29 is 0 Å². The normalized spacial score (nSPS) is 9.67. The Labute approximate surface area is 97.8 Å². The average Bonchev–Trinajstić information content (AvgIpc) is 2.04. The first-order valence-corrected chi connectivity index (χ1v) is 5.42. The highest BCUT2D eigenvalue weighted by atomic mass is 79.9. The second kappa shape index (κ2) is 4.66. The maximum Gasteiger partial charge on any atom is 0.0796 e. The van der Waals surface area contributed by atoms with Gasteiger partial charge in [0.15, 0.2) is 0 Å². The molecule has 0 unspecified atom stereocenters. The van der Waals surface area contributed by atoms with Crippen LogP contribution in [0.15, 0.2) is 27.7 Å². The van der Waals surface area contributed by atoms with Crippen LogP contribution in [0, 0.1) is 0 Å². The van der Waals surface area contributed by atoms with E-state index in [0.717, 1.165) is 8.96 Å². The number of halogens is 4. The summed E-state index contributed by atoms with van der Waals surface area (Å²) in [5.41, 5.74) is 0.921. The molecule has 0 saturated heterocycles. The van der Waals surface area contributed by atoms with Gasteiger partial charge >= 0.3 is 0 Å². The zero-order valence-electron chi connectivity index (χ0n) is 5.82. The van der Waals surface area contributed by atoms with Crippen LogP contribution in [0.2, 0.25) is 5.02 Å². The van der Waals surface area contributed by atoms with Gasteiger partial charge in [-0.1, -0.05) is 35.3 Å². The largest absolute Gasteiger partial charge is 0.0843 e. The third-order valence-corrected chi connectivity index (χ3v) is 3.17. The third-order valence-electron chi connectivity index (χ3n) is 1.26. The van der Waals surface area contributed by atoms with Gasteiger partial charge < -0.3 is 0 Å². The quantitative estimate of drug-likeness (QED) is 0.680. The molecule has 0 heterocycles. The highest BCUT2D eigenvalue weighted by Crippen LogP contribution is 2.30. The fourth-order valence-electron chi connectivity index (χ4n) is 0.705. The molecule has 1 aromatic rings. The molecule has 0 amide bonds. The van der Waals surface area contributed by atoms with E-state index in [1.54, 1.807) is 12.1 Å². The van der Waals surface area contributed by atoms with E-state index in [2.05, 4.69) is 31.9 Å². The molecule has 0 aromatic heterocycles. The highest BCUT2D eigenvalue weighted by Gasteiger charge is 2.00. The molecule has 1 aromatic carbocycles. The first-order valence-electron chi connectivity index (χ1n) is 3.08. The molecule has 0 radical (unpaired) electrons. The van der Waals surface area contributed by atoms with Crippen molar-refractivity contribution in [3.63, 3.8) is 0 Å². The van der Waals surface area contributed by atoms with Crippen molar-refractivity contribution in [1.82, 2.24) is 0 Å². The Morgan fingerprint density at radius 2 is 1.58 bits per heavy atom. The molecule has 0 aliphatic heterocycles. The van der Waals surface area contributed by atoms with Gasteiger partial charge in [-0.25, -0.2) is 0 Å². The van der Waals surface area contributed by atoms with Gasteiger partial charge in [0.2, 0.25) is 0 Å².